The second-order valence-electron chi connectivity index (χ2n) is 4.33. The summed E-state index contributed by atoms with van der Waals surface area (Å²) >= 11 is 2.98. The first-order chi connectivity index (χ1) is 9.38. The maximum atomic E-state index is 13.4. The second kappa shape index (κ2) is 6.02. The molecule has 2 rings (SSSR count). The first kappa shape index (κ1) is 15.1. The predicted octanol–water partition coefficient (Wildman–Crippen LogP) is 2.15. The maximum absolute atomic E-state index is 13.4. The molecular weight excluding hydrogens is 349 g/mol. The molecule has 0 fully saturated rings. The molecule has 1 aromatic heterocycles. The summed E-state index contributed by atoms with van der Waals surface area (Å²) in [4.78, 5) is -0.106. The van der Waals surface area contributed by atoms with Gasteiger partial charge in [-0.1, -0.05) is 0 Å². The highest BCUT2D eigenvalue weighted by Gasteiger charge is 2.19. The fourth-order valence-corrected chi connectivity index (χ4v) is 3.20. The highest BCUT2D eigenvalue weighted by atomic mass is 79.9. The molecule has 1 N–H and O–H groups in total. The van der Waals surface area contributed by atoms with E-state index in [0.29, 0.717) is 6.54 Å². The quantitative estimate of drug-likeness (QED) is 0.887. The Bertz CT molecular complexity index is 689. The summed E-state index contributed by atoms with van der Waals surface area (Å²) in [5, 5.41) is 4.00. The van der Waals surface area contributed by atoms with E-state index in [1.165, 1.54) is 12.1 Å². The van der Waals surface area contributed by atoms with E-state index in [1.807, 2.05) is 0 Å². The zero-order valence-electron chi connectivity index (χ0n) is 10.6. The van der Waals surface area contributed by atoms with Crippen LogP contribution in [-0.4, -0.2) is 24.2 Å². The number of aromatic nitrogens is 2. The van der Waals surface area contributed by atoms with Gasteiger partial charge in [0.15, 0.2) is 0 Å². The van der Waals surface area contributed by atoms with Crippen LogP contribution in [0.4, 0.5) is 4.39 Å². The molecule has 0 aliphatic rings. The van der Waals surface area contributed by atoms with E-state index in [9.17, 15) is 12.8 Å². The molecule has 0 radical (unpaired) electrons. The van der Waals surface area contributed by atoms with Crippen molar-refractivity contribution in [3.63, 3.8) is 0 Å². The molecule has 1 heterocycles. The first-order valence-corrected chi connectivity index (χ1v) is 8.11. The van der Waals surface area contributed by atoms with Crippen LogP contribution in [0.2, 0.25) is 0 Å². The lowest BCUT2D eigenvalue weighted by molar-refractivity contribution is 0.493. The SMILES string of the molecule is CC(Cn1cccn1)NS(=O)(=O)c1ccc(Br)c(F)c1. The Kier molecular flexibility index (Phi) is 4.56. The Balaban J connectivity index is 2.12. The normalized spacial score (nSPS) is 13.3. The summed E-state index contributed by atoms with van der Waals surface area (Å²) in [5.74, 6) is -0.618. The van der Waals surface area contributed by atoms with E-state index in [2.05, 4.69) is 25.8 Å². The minimum atomic E-state index is -3.75. The van der Waals surface area contributed by atoms with E-state index >= 15 is 0 Å². The van der Waals surface area contributed by atoms with Crippen LogP contribution in [0.3, 0.4) is 0 Å². The van der Waals surface area contributed by atoms with Gasteiger partial charge in [-0.05, 0) is 47.1 Å². The third-order valence-corrected chi connectivity index (χ3v) is 4.81. The topological polar surface area (TPSA) is 64.0 Å². The molecular formula is C12H13BrFN3O2S. The summed E-state index contributed by atoms with van der Waals surface area (Å²) in [7, 11) is -3.75. The molecule has 20 heavy (non-hydrogen) atoms. The molecule has 1 atom stereocenters. The third-order valence-electron chi connectivity index (χ3n) is 2.58. The van der Waals surface area contributed by atoms with Crippen LogP contribution in [0.1, 0.15) is 6.92 Å². The van der Waals surface area contributed by atoms with Crippen LogP contribution in [0, 0.1) is 5.82 Å². The summed E-state index contributed by atoms with van der Waals surface area (Å²) in [5.41, 5.74) is 0. The van der Waals surface area contributed by atoms with Crippen molar-refractivity contribution in [2.45, 2.75) is 24.4 Å². The summed E-state index contributed by atoms with van der Waals surface area (Å²) < 4.78 is 42.0. The number of halogens is 2. The Morgan fingerprint density at radius 3 is 2.85 bits per heavy atom. The van der Waals surface area contributed by atoms with E-state index in [-0.39, 0.29) is 15.4 Å². The number of hydrogen-bond donors (Lipinski definition) is 1. The lowest BCUT2D eigenvalue weighted by Gasteiger charge is -2.14. The van der Waals surface area contributed by atoms with Gasteiger partial charge in [0.1, 0.15) is 5.82 Å². The molecule has 2 aromatic rings. The monoisotopic (exact) mass is 361 g/mol. The minimum Gasteiger partial charge on any atom is -0.271 e. The summed E-state index contributed by atoms with van der Waals surface area (Å²) in [6.45, 7) is 2.11. The van der Waals surface area contributed by atoms with Gasteiger partial charge in [-0.25, -0.2) is 17.5 Å². The highest BCUT2D eigenvalue weighted by molar-refractivity contribution is 9.10. The van der Waals surface area contributed by atoms with Crippen LogP contribution >= 0.6 is 15.9 Å². The highest BCUT2D eigenvalue weighted by Crippen LogP contribution is 2.19. The molecule has 0 aliphatic heterocycles. The minimum absolute atomic E-state index is 0.106. The van der Waals surface area contributed by atoms with Crippen LogP contribution in [-0.2, 0) is 16.6 Å². The fraction of sp³-hybridized carbons (Fsp3) is 0.250. The smallest absolute Gasteiger partial charge is 0.240 e. The van der Waals surface area contributed by atoms with Gasteiger partial charge in [-0.15, -0.1) is 0 Å². The van der Waals surface area contributed by atoms with Crippen LogP contribution in [0.25, 0.3) is 0 Å². The average molecular weight is 362 g/mol. The van der Waals surface area contributed by atoms with Gasteiger partial charge >= 0.3 is 0 Å². The van der Waals surface area contributed by atoms with Crippen molar-refractivity contribution in [1.82, 2.24) is 14.5 Å². The van der Waals surface area contributed by atoms with Crippen molar-refractivity contribution >= 4 is 26.0 Å². The molecule has 0 spiro atoms. The van der Waals surface area contributed by atoms with Gasteiger partial charge in [0.05, 0.1) is 15.9 Å². The molecule has 0 amide bonds. The largest absolute Gasteiger partial charge is 0.271 e. The van der Waals surface area contributed by atoms with Gasteiger partial charge in [-0.3, -0.25) is 4.68 Å². The number of sulfonamides is 1. The van der Waals surface area contributed by atoms with Crippen molar-refractivity contribution in [1.29, 1.82) is 0 Å². The Labute approximate surface area is 125 Å². The van der Waals surface area contributed by atoms with E-state index < -0.39 is 15.8 Å². The number of rotatable bonds is 5. The maximum Gasteiger partial charge on any atom is 0.240 e. The van der Waals surface area contributed by atoms with E-state index in [4.69, 9.17) is 0 Å². The Morgan fingerprint density at radius 1 is 1.50 bits per heavy atom. The van der Waals surface area contributed by atoms with Crippen LogP contribution in [0.5, 0.6) is 0 Å². The van der Waals surface area contributed by atoms with Crippen molar-refractivity contribution < 1.29 is 12.8 Å². The van der Waals surface area contributed by atoms with Crippen molar-refractivity contribution in [2.75, 3.05) is 0 Å². The van der Waals surface area contributed by atoms with E-state index in [1.54, 1.807) is 30.1 Å². The molecule has 108 valence electrons. The lowest BCUT2D eigenvalue weighted by atomic mass is 10.3. The lowest BCUT2D eigenvalue weighted by Crippen LogP contribution is -2.35. The third kappa shape index (κ3) is 3.65. The molecule has 0 saturated heterocycles. The summed E-state index contributed by atoms with van der Waals surface area (Å²) in [6.07, 6.45) is 3.36. The van der Waals surface area contributed by atoms with Gasteiger partial charge in [0, 0.05) is 18.4 Å². The van der Waals surface area contributed by atoms with Crippen LogP contribution in [0.15, 0.2) is 46.0 Å². The van der Waals surface area contributed by atoms with Crippen LogP contribution < -0.4 is 4.72 Å². The first-order valence-electron chi connectivity index (χ1n) is 5.83. The number of benzene rings is 1. The molecule has 1 aromatic carbocycles. The summed E-state index contributed by atoms with van der Waals surface area (Å²) in [6, 6.07) is 5.07. The number of nitrogens with zero attached hydrogens (tertiary/aromatic N) is 2. The van der Waals surface area contributed by atoms with Gasteiger partial charge in [-0.2, -0.15) is 5.10 Å². The molecule has 0 aliphatic carbocycles. The van der Waals surface area contributed by atoms with Gasteiger partial charge in [0.2, 0.25) is 10.0 Å². The zero-order valence-corrected chi connectivity index (χ0v) is 13.0. The number of hydrogen-bond acceptors (Lipinski definition) is 3. The predicted molar refractivity (Wildman–Crippen MR) is 76.1 cm³/mol. The standard InChI is InChI=1S/C12H13BrFN3O2S/c1-9(8-17-6-2-5-15-17)16-20(18,19)10-3-4-11(13)12(14)7-10/h2-7,9,16H,8H2,1H3. The van der Waals surface area contributed by atoms with E-state index in [0.717, 1.165) is 6.07 Å². The second-order valence-corrected chi connectivity index (χ2v) is 6.89. The average Bonchev–Trinajstić information content (AvgIpc) is 2.84. The fourth-order valence-electron chi connectivity index (χ4n) is 1.70. The van der Waals surface area contributed by atoms with Gasteiger partial charge in [0.25, 0.3) is 0 Å². The molecule has 1 unspecified atom stereocenters. The molecule has 0 saturated carbocycles. The molecule has 5 nitrogen and oxygen atoms in total. The van der Waals surface area contributed by atoms with Crippen molar-refractivity contribution in [3.05, 3.63) is 46.9 Å². The molecule has 0 bridgehead atoms. The zero-order chi connectivity index (χ0) is 14.8. The molecule has 8 heteroatoms. The van der Waals surface area contributed by atoms with Crippen molar-refractivity contribution in [2.24, 2.45) is 0 Å². The van der Waals surface area contributed by atoms with Gasteiger partial charge < -0.3 is 0 Å². The Morgan fingerprint density at radius 2 is 2.25 bits per heavy atom. The number of nitrogens with one attached hydrogen (secondary N) is 1. The Hall–Kier alpha value is -1.25. The van der Waals surface area contributed by atoms with Crippen molar-refractivity contribution in [3.8, 4) is 0 Å².